The molecule has 0 N–H and O–H groups in total. The molecule has 0 unspecified atom stereocenters. The molecule has 136 valence electrons. The number of benzene rings is 1. The Hall–Kier alpha value is -1.86. The second kappa shape index (κ2) is 9.01. The molecule has 0 spiro atoms. The fraction of sp³-hybridized carbons (Fsp3) is 0.444. The van der Waals surface area contributed by atoms with E-state index in [2.05, 4.69) is 18.8 Å². The largest absolute Gasteiger partial charge is 0.463 e. The Labute approximate surface area is 151 Å². The summed E-state index contributed by atoms with van der Waals surface area (Å²) in [4.78, 5) is 16.2. The summed E-state index contributed by atoms with van der Waals surface area (Å²) in [7, 11) is 1.92. The summed E-state index contributed by atoms with van der Waals surface area (Å²) in [6.45, 7) is 6.37. The minimum Gasteiger partial charge on any atom is -0.463 e. The van der Waals surface area contributed by atoms with Crippen LogP contribution in [0.15, 0.2) is 34.2 Å². The van der Waals surface area contributed by atoms with Gasteiger partial charge in [-0.2, -0.15) is 0 Å². The van der Waals surface area contributed by atoms with Gasteiger partial charge in [-0.05, 0) is 24.1 Å². The molecular weight excluding hydrogens is 343 g/mol. The Balaban J connectivity index is 2.10. The van der Waals surface area contributed by atoms with Gasteiger partial charge in [0.05, 0.1) is 12.3 Å². The lowest BCUT2D eigenvalue weighted by molar-refractivity contribution is -0.142. The highest BCUT2D eigenvalue weighted by Gasteiger charge is 2.18. The Morgan fingerprint density at radius 1 is 1.36 bits per heavy atom. The second-order valence-corrected chi connectivity index (χ2v) is 6.95. The molecule has 25 heavy (non-hydrogen) atoms. The summed E-state index contributed by atoms with van der Waals surface area (Å²) in [5.74, 6) is 0.436. The van der Waals surface area contributed by atoms with E-state index in [9.17, 15) is 9.18 Å². The first-order valence-corrected chi connectivity index (χ1v) is 8.90. The highest BCUT2D eigenvalue weighted by atomic mass is 32.2. The van der Waals surface area contributed by atoms with Crippen LogP contribution in [-0.4, -0.2) is 28.7 Å². The summed E-state index contributed by atoms with van der Waals surface area (Å²) in [5.41, 5.74) is 0.954. The predicted molar refractivity (Wildman–Crippen MR) is 94.1 cm³/mol. The van der Waals surface area contributed by atoms with Gasteiger partial charge in [0.15, 0.2) is 0 Å². The molecule has 2 rings (SSSR count). The maximum absolute atomic E-state index is 13.4. The maximum Gasteiger partial charge on any atom is 0.302 e. The van der Waals surface area contributed by atoms with Crippen molar-refractivity contribution in [1.29, 1.82) is 0 Å². The van der Waals surface area contributed by atoms with E-state index in [4.69, 9.17) is 9.47 Å². The number of hydrogen-bond acceptors (Lipinski definition) is 5. The SMILES string of the molecule is CC(=O)OCCOCc1nc(C(C)C)c(Sc2cccc(F)c2)n1C. The van der Waals surface area contributed by atoms with Crippen LogP contribution in [0.4, 0.5) is 4.39 Å². The molecule has 0 aliphatic carbocycles. The zero-order valence-corrected chi connectivity index (χ0v) is 15.7. The first-order valence-electron chi connectivity index (χ1n) is 8.08. The van der Waals surface area contributed by atoms with Crippen LogP contribution in [0.1, 0.15) is 38.2 Å². The van der Waals surface area contributed by atoms with E-state index in [-0.39, 0.29) is 24.3 Å². The number of nitrogens with zero attached hydrogens (tertiary/aromatic N) is 2. The standard InChI is InChI=1S/C18H23FN2O3S/c1-12(2)17-18(25-15-7-5-6-14(19)10-15)21(4)16(20-17)11-23-8-9-24-13(3)22/h5-7,10,12H,8-9,11H2,1-4H3. The van der Waals surface area contributed by atoms with E-state index in [1.165, 1.54) is 30.8 Å². The van der Waals surface area contributed by atoms with Gasteiger partial charge < -0.3 is 14.0 Å². The van der Waals surface area contributed by atoms with Crippen LogP contribution in [0.25, 0.3) is 0 Å². The van der Waals surface area contributed by atoms with Crippen molar-refractivity contribution < 1.29 is 18.7 Å². The Morgan fingerprint density at radius 3 is 2.76 bits per heavy atom. The van der Waals surface area contributed by atoms with Crippen molar-refractivity contribution in [3.63, 3.8) is 0 Å². The smallest absolute Gasteiger partial charge is 0.302 e. The molecule has 1 aromatic heterocycles. The van der Waals surface area contributed by atoms with Gasteiger partial charge in [-0.25, -0.2) is 9.37 Å². The van der Waals surface area contributed by atoms with Crippen molar-refractivity contribution in [3.05, 3.63) is 41.6 Å². The van der Waals surface area contributed by atoms with Crippen LogP contribution in [0.2, 0.25) is 0 Å². The summed E-state index contributed by atoms with van der Waals surface area (Å²) in [5, 5.41) is 0.971. The lowest BCUT2D eigenvalue weighted by Crippen LogP contribution is -2.09. The summed E-state index contributed by atoms with van der Waals surface area (Å²) >= 11 is 1.49. The normalized spacial score (nSPS) is 11.1. The number of aromatic nitrogens is 2. The van der Waals surface area contributed by atoms with E-state index in [1.807, 2.05) is 17.7 Å². The first kappa shape index (κ1) is 19.5. The van der Waals surface area contributed by atoms with Crippen LogP contribution in [0.3, 0.4) is 0 Å². The van der Waals surface area contributed by atoms with Crippen LogP contribution < -0.4 is 0 Å². The number of ether oxygens (including phenoxy) is 2. The van der Waals surface area contributed by atoms with E-state index in [0.717, 1.165) is 21.4 Å². The third kappa shape index (κ3) is 5.57. The van der Waals surface area contributed by atoms with Crippen LogP contribution in [0, 0.1) is 5.82 Å². The van der Waals surface area contributed by atoms with Gasteiger partial charge in [0, 0.05) is 18.9 Å². The molecule has 7 heteroatoms. The van der Waals surface area contributed by atoms with Crippen molar-refractivity contribution in [2.24, 2.45) is 7.05 Å². The van der Waals surface area contributed by atoms with Gasteiger partial charge in [0.2, 0.25) is 0 Å². The van der Waals surface area contributed by atoms with Crippen molar-refractivity contribution in [2.45, 2.75) is 43.2 Å². The summed E-state index contributed by atoms with van der Waals surface area (Å²) < 4.78 is 25.8. The van der Waals surface area contributed by atoms with Gasteiger partial charge in [-0.1, -0.05) is 31.7 Å². The lowest BCUT2D eigenvalue weighted by atomic mass is 10.2. The lowest BCUT2D eigenvalue weighted by Gasteiger charge is -2.09. The average molecular weight is 366 g/mol. The van der Waals surface area contributed by atoms with E-state index in [1.54, 1.807) is 6.07 Å². The second-order valence-electron chi connectivity index (χ2n) is 5.88. The number of imidazole rings is 1. The molecule has 0 atom stereocenters. The fourth-order valence-corrected chi connectivity index (χ4v) is 3.40. The molecule has 0 saturated carbocycles. The first-order chi connectivity index (χ1) is 11.9. The number of esters is 1. The average Bonchev–Trinajstić information content (AvgIpc) is 2.84. The van der Waals surface area contributed by atoms with Gasteiger partial charge in [-0.15, -0.1) is 0 Å². The third-order valence-electron chi connectivity index (χ3n) is 3.48. The molecule has 1 aromatic carbocycles. The monoisotopic (exact) mass is 366 g/mol. The quantitative estimate of drug-likeness (QED) is 0.524. The number of hydrogen-bond donors (Lipinski definition) is 0. The zero-order chi connectivity index (χ0) is 18.4. The van der Waals surface area contributed by atoms with E-state index < -0.39 is 0 Å². The highest BCUT2D eigenvalue weighted by Crippen LogP contribution is 2.34. The summed E-state index contributed by atoms with van der Waals surface area (Å²) in [6, 6.07) is 6.51. The molecule has 0 radical (unpaired) electrons. The molecule has 2 aromatic rings. The minimum atomic E-state index is -0.323. The molecule has 0 amide bonds. The van der Waals surface area contributed by atoms with Crippen molar-refractivity contribution in [3.8, 4) is 0 Å². The zero-order valence-electron chi connectivity index (χ0n) is 14.9. The molecular formula is C18H23FN2O3S. The Bertz CT molecular complexity index is 731. The molecule has 0 bridgehead atoms. The molecule has 0 saturated heterocycles. The minimum absolute atomic E-state index is 0.224. The number of carbonyl (C=O) groups excluding carboxylic acids is 1. The van der Waals surface area contributed by atoms with E-state index in [0.29, 0.717) is 13.2 Å². The van der Waals surface area contributed by atoms with Gasteiger partial charge in [0.25, 0.3) is 0 Å². The van der Waals surface area contributed by atoms with Crippen molar-refractivity contribution in [2.75, 3.05) is 13.2 Å². The Kier molecular flexibility index (Phi) is 7.01. The third-order valence-corrected chi connectivity index (χ3v) is 4.65. The molecule has 5 nitrogen and oxygen atoms in total. The van der Waals surface area contributed by atoms with Gasteiger partial charge in [0.1, 0.15) is 29.9 Å². The van der Waals surface area contributed by atoms with Gasteiger partial charge in [-0.3, -0.25) is 4.79 Å². The van der Waals surface area contributed by atoms with Crippen LogP contribution in [-0.2, 0) is 27.9 Å². The van der Waals surface area contributed by atoms with Gasteiger partial charge >= 0.3 is 5.97 Å². The molecule has 1 heterocycles. The molecule has 0 aliphatic rings. The number of carbonyl (C=O) groups is 1. The molecule has 0 fully saturated rings. The fourth-order valence-electron chi connectivity index (χ4n) is 2.23. The number of halogens is 1. The highest BCUT2D eigenvalue weighted by molar-refractivity contribution is 7.99. The summed E-state index contributed by atoms with van der Waals surface area (Å²) in [6.07, 6.45) is 0. The van der Waals surface area contributed by atoms with E-state index >= 15 is 0 Å². The predicted octanol–water partition coefficient (Wildman–Crippen LogP) is 3.91. The number of rotatable bonds is 8. The maximum atomic E-state index is 13.4. The van der Waals surface area contributed by atoms with Crippen LogP contribution in [0.5, 0.6) is 0 Å². The molecule has 0 aliphatic heterocycles. The van der Waals surface area contributed by atoms with Crippen LogP contribution >= 0.6 is 11.8 Å². The van der Waals surface area contributed by atoms with Crippen molar-refractivity contribution >= 4 is 17.7 Å². The topological polar surface area (TPSA) is 53.4 Å². The Morgan fingerprint density at radius 2 is 2.12 bits per heavy atom. The van der Waals surface area contributed by atoms with Crippen molar-refractivity contribution in [1.82, 2.24) is 9.55 Å².